The average molecular weight is 729 g/mol. The van der Waals surface area contributed by atoms with Crippen LogP contribution in [0, 0.1) is 0 Å². The zero-order chi connectivity index (χ0) is 38.0. The standard InChI is InChI=1S/C55H40N2/c1-5-19-43(20-6-1)56(44-21-7-2-8-22-44)47-37-33-41(34-38-47)55(42-35-39-48(40-36-42)57(45-23-9-3-10-24-45)46-25-11-4-12-26-46)53-31-17-15-29-51(53)49-27-13-14-28-50(49)52-30-16-18-32-54(52)55/h1-40H. The van der Waals surface area contributed by atoms with Gasteiger partial charge in [0.1, 0.15) is 0 Å². The van der Waals surface area contributed by atoms with Crippen LogP contribution in [0.4, 0.5) is 34.1 Å². The van der Waals surface area contributed by atoms with Gasteiger partial charge in [-0.2, -0.15) is 0 Å². The van der Waals surface area contributed by atoms with Crippen LogP contribution >= 0.6 is 0 Å². The Balaban J connectivity index is 1.22. The van der Waals surface area contributed by atoms with Gasteiger partial charge in [-0.15, -0.1) is 0 Å². The first-order valence-electron chi connectivity index (χ1n) is 19.6. The minimum absolute atomic E-state index is 0.655. The summed E-state index contributed by atoms with van der Waals surface area (Å²) < 4.78 is 0. The van der Waals surface area contributed by atoms with Gasteiger partial charge in [0, 0.05) is 34.1 Å². The van der Waals surface area contributed by atoms with Crippen LogP contribution in [-0.2, 0) is 5.41 Å². The van der Waals surface area contributed by atoms with Gasteiger partial charge in [0.25, 0.3) is 0 Å². The molecule has 9 aromatic rings. The Bertz CT molecular complexity index is 2490. The first-order chi connectivity index (χ1) is 28.3. The number of benzene rings is 9. The largest absolute Gasteiger partial charge is 0.311 e. The fourth-order valence-corrected chi connectivity index (χ4v) is 8.90. The molecule has 10 rings (SSSR count). The minimum Gasteiger partial charge on any atom is -0.311 e. The number of hydrogen-bond donors (Lipinski definition) is 0. The summed E-state index contributed by atoms with van der Waals surface area (Å²) in [6.07, 6.45) is 0. The number of anilines is 6. The maximum Gasteiger partial charge on any atom is 0.0713 e. The van der Waals surface area contributed by atoms with Gasteiger partial charge in [0.15, 0.2) is 0 Å². The van der Waals surface area contributed by atoms with Crippen molar-refractivity contribution in [2.75, 3.05) is 9.80 Å². The quantitative estimate of drug-likeness (QED) is 0.154. The van der Waals surface area contributed by atoms with Gasteiger partial charge in [0.05, 0.1) is 5.41 Å². The van der Waals surface area contributed by atoms with Crippen LogP contribution in [0.3, 0.4) is 0 Å². The van der Waals surface area contributed by atoms with Gasteiger partial charge in [-0.05, 0) is 117 Å². The zero-order valence-electron chi connectivity index (χ0n) is 31.5. The SMILES string of the molecule is c1ccc(N(c2ccccc2)c2ccc(C3(c4ccc(N(c5ccccc5)c5ccccc5)cc4)c4ccccc4-c4ccccc4-c4ccccc43)cc2)cc1. The molecule has 0 bridgehead atoms. The predicted molar refractivity (Wildman–Crippen MR) is 239 cm³/mol. The Hall–Kier alpha value is -7.42. The van der Waals surface area contributed by atoms with Gasteiger partial charge in [-0.1, -0.05) is 170 Å². The van der Waals surface area contributed by atoms with Crippen molar-refractivity contribution < 1.29 is 0 Å². The smallest absolute Gasteiger partial charge is 0.0713 e. The van der Waals surface area contributed by atoms with Crippen LogP contribution in [0.1, 0.15) is 22.3 Å². The van der Waals surface area contributed by atoms with E-state index in [0.29, 0.717) is 0 Å². The van der Waals surface area contributed by atoms with E-state index in [9.17, 15) is 0 Å². The third-order valence-corrected chi connectivity index (χ3v) is 11.3. The summed E-state index contributed by atoms with van der Waals surface area (Å²) in [4.78, 5) is 4.66. The fourth-order valence-electron chi connectivity index (χ4n) is 8.90. The number of rotatable bonds is 8. The molecule has 0 fully saturated rings. The van der Waals surface area contributed by atoms with Crippen molar-refractivity contribution in [1.82, 2.24) is 0 Å². The highest BCUT2D eigenvalue weighted by atomic mass is 15.1. The van der Waals surface area contributed by atoms with Crippen molar-refractivity contribution in [1.29, 1.82) is 0 Å². The highest BCUT2D eigenvalue weighted by Crippen LogP contribution is 2.55. The van der Waals surface area contributed by atoms with Crippen molar-refractivity contribution in [2.24, 2.45) is 0 Å². The number of hydrogen-bond acceptors (Lipinski definition) is 2. The molecular weight excluding hydrogens is 689 g/mol. The van der Waals surface area contributed by atoms with Crippen molar-refractivity contribution >= 4 is 34.1 Å². The number of para-hydroxylation sites is 4. The third kappa shape index (κ3) is 5.91. The molecule has 0 amide bonds. The summed E-state index contributed by atoms with van der Waals surface area (Å²) in [6.45, 7) is 0. The summed E-state index contributed by atoms with van der Waals surface area (Å²) in [5, 5.41) is 0. The second kappa shape index (κ2) is 14.7. The molecule has 2 nitrogen and oxygen atoms in total. The van der Waals surface area contributed by atoms with E-state index in [2.05, 4.69) is 252 Å². The lowest BCUT2D eigenvalue weighted by Crippen LogP contribution is -2.31. The molecule has 0 saturated heterocycles. The highest BCUT2D eigenvalue weighted by molar-refractivity contribution is 5.93. The second-order valence-electron chi connectivity index (χ2n) is 14.5. The first kappa shape index (κ1) is 34.1. The lowest BCUT2D eigenvalue weighted by Gasteiger charge is -2.38. The molecule has 0 aliphatic heterocycles. The van der Waals surface area contributed by atoms with Crippen LogP contribution < -0.4 is 9.80 Å². The molecule has 1 aliphatic rings. The minimum atomic E-state index is -0.655. The van der Waals surface area contributed by atoms with Gasteiger partial charge in [-0.3, -0.25) is 0 Å². The molecule has 2 heteroatoms. The molecule has 0 heterocycles. The summed E-state index contributed by atoms with van der Waals surface area (Å²) in [5.74, 6) is 0. The molecule has 0 spiro atoms. The molecule has 0 aromatic heterocycles. The summed E-state index contributed by atoms with van der Waals surface area (Å²) in [7, 11) is 0. The lowest BCUT2D eigenvalue weighted by molar-refractivity contribution is 0.751. The molecular formula is C55H40N2. The van der Waals surface area contributed by atoms with E-state index in [1.807, 2.05) is 0 Å². The molecule has 0 saturated carbocycles. The maximum absolute atomic E-state index is 2.35. The van der Waals surface area contributed by atoms with E-state index >= 15 is 0 Å². The van der Waals surface area contributed by atoms with E-state index in [4.69, 9.17) is 0 Å². The monoisotopic (exact) mass is 728 g/mol. The van der Waals surface area contributed by atoms with Gasteiger partial charge in [0.2, 0.25) is 0 Å². The molecule has 0 N–H and O–H groups in total. The lowest BCUT2D eigenvalue weighted by atomic mass is 9.63. The first-order valence-corrected chi connectivity index (χ1v) is 19.6. The van der Waals surface area contributed by atoms with Crippen LogP contribution in [-0.4, -0.2) is 0 Å². The molecule has 0 radical (unpaired) electrons. The molecule has 0 atom stereocenters. The zero-order valence-corrected chi connectivity index (χ0v) is 31.5. The molecule has 270 valence electrons. The average Bonchev–Trinajstić information content (AvgIpc) is 3.40. The topological polar surface area (TPSA) is 6.48 Å². The van der Waals surface area contributed by atoms with Gasteiger partial charge in [-0.25, -0.2) is 0 Å². The van der Waals surface area contributed by atoms with E-state index in [-0.39, 0.29) is 0 Å². The van der Waals surface area contributed by atoms with Crippen molar-refractivity contribution in [3.05, 3.63) is 265 Å². The Kier molecular flexibility index (Phi) is 8.78. The van der Waals surface area contributed by atoms with E-state index < -0.39 is 5.41 Å². The van der Waals surface area contributed by atoms with Crippen molar-refractivity contribution in [2.45, 2.75) is 5.41 Å². The Labute approximate surface area is 335 Å². The maximum atomic E-state index is 2.35. The van der Waals surface area contributed by atoms with E-state index in [1.54, 1.807) is 0 Å². The predicted octanol–water partition coefficient (Wildman–Crippen LogP) is 14.7. The number of nitrogens with zero attached hydrogens (tertiary/aromatic N) is 2. The van der Waals surface area contributed by atoms with Crippen LogP contribution in [0.25, 0.3) is 22.3 Å². The normalized spacial score (nSPS) is 12.4. The summed E-state index contributed by atoms with van der Waals surface area (Å²) in [5.41, 5.74) is 15.9. The Morgan fingerprint density at radius 1 is 0.211 bits per heavy atom. The molecule has 1 aliphatic carbocycles. The van der Waals surface area contributed by atoms with Crippen molar-refractivity contribution in [3.8, 4) is 22.3 Å². The second-order valence-corrected chi connectivity index (χ2v) is 14.5. The van der Waals surface area contributed by atoms with Gasteiger partial charge >= 0.3 is 0 Å². The summed E-state index contributed by atoms with van der Waals surface area (Å²) >= 11 is 0. The summed E-state index contributed by atoms with van der Waals surface area (Å²) in [6, 6.07) is 88.0. The third-order valence-electron chi connectivity index (χ3n) is 11.3. The fraction of sp³-hybridized carbons (Fsp3) is 0.0182. The van der Waals surface area contributed by atoms with Crippen molar-refractivity contribution in [3.63, 3.8) is 0 Å². The molecule has 0 unspecified atom stereocenters. The van der Waals surface area contributed by atoms with Crippen LogP contribution in [0.15, 0.2) is 243 Å². The van der Waals surface area contributed by atoms with Gasteiger partial charge < -0.3 is 9.80 Å². The van der Waals surface area contributed by atoms with E-state index in [1.165, 1.54) is 44.5 Å². The Morgan fingerprint density at radius 3 is 0.772 bits per heavy atom. The van der Waals surface area contributed by atoms with Crippen LogP contribution in [0.5, 0.6) is 0 Å². The van der Waals surface area contributed by atoms with Crippen LogP contribution in [0.2, 0.25) is 0 Å². The molecule has 9 aromatic carbocycles. The highest BCUT2D eigenvalue weighted by Gasteiger charge is 2.43. The Morgan fingerprint density at radius 2 is 0.456 bits per heavy atom. The van der Waals surface area contributed by atoms with E-state index in [0.717, 1.165) is 34.1 Å². The molecule has 57 heavy (non-hydrogen) atoms. The number of fused-ring (bicyclic) bond motifs is 5.